The van der Waals surface area contributed by atoms with Gasteiger partial charge in [0, 0.05) is 6.07 Å². The third-order valence-electron chi connectivity index (χ3n) is 1.57. The van der Waals surface area contributed by atoms with E-state index in [-0.39, 0.29) is 16.3 Å². The Balaban J connectivity index is 2.90. The third-order valence-corrected chi connectivity index (χ3v) is 2.28. The van der Waals surface area contributed by atoms with Crippen LogP contribution in [0.1, 0.15) is 0 Å². The molecule has 0 saturated carbocycles. The highest BCUT2D eigenvalue weighted by Gasteiger charge is 2.13. The zero-order chi connectivity index (χ0) is 10.6. The maximum absolute atomic E-state index is 10.6. The van der Waals surface area contributed by atoms with Crippen LogP contribution in [0.25, 0.3) is 0 Å². The molecule has 6 heteroatoms. The van der Waals surface area contributed by atoms with E-state index >= 15 is 0 Å². The van der Waals surface area contributed by atoms with E-state index in [1.165, 1.54) is 6.07 Å². The fourth-order valence-corrected chi connectivity index (χ4v) is 1.30. The predicted molar refractivity (Wildman–Crippen MR) is 61.6 cm³/mol. The molecule has 76 valence electrons. The van der Waals surface area contributed by atoms with Crippen LogP contribution in [0.15, 0.2) is 24.3 Å². The van der Waals surface area contributed by atoms with Gasteiger partial charge in [-0.25, -0.2) is 0 Å². The van der Waals surface area contributed by atoms with Gasteiger partial charge in [-0.3, -0.25) is 10.1 Å². The Morgan fingerprint density at radius 3 is 2.79 bits per heavy atom. The molecule has 0 aliphatic heterocycles. The zero-order valence-corrected chi connectivity index (χ0v) is 9.34. The number of alkyl halides is 1. The Labute approximate surface area is 94.4 Å². The number of benzene rings is 1. The summed E-state index contributed by atoms with van der Waals surface area (Å²) in [7, 11) is 0. The van der Waals surface area contributed by atoms with Gasteiger partial charge in [0.2, 0.25) is 0 Å². The molecular formula is C8H9IN2O3. The average Bonchev–Trinajstić information content (AvgIpc) is 2.18. The van der Waals surface area contributed by atoms with Crippen LogP contribution in [0.2, 0.25) is 0 Å². The van der Waals surface area contributed by atoms with Gasteiger partial charge in [-0.15, -0.1) is 0 Å². The van der Waals surface area contributed by atoms with Crippen molar-refractivity contribution in [2.24, 2.45) is 0 Å². The van der Waals surface area contributed by atoms with Crippen molar-refractivity contribution in [3.05, 3.63) is 34.4 Å². The van der Waals surface area contributed by atoms with Gasteiger partial charge in [0.25, 0.3) is 5.69 Å². The fraction of sp³-hybridized carbons (Fsp3) is 0.250. The van der Waals surface area contributed by atoms with E-state index in [1.807, 2.05) is 22.6 Å². The summed E-state index contributed by atoms with van der Waals surface area (Å²) in [6.07, 6.45) is 0. The van der Waals surface area contributed by atoms with Crippen LogP contribution in [0.4, 0.5) is 11.4 Å². The number of halogens is 1. The molecule has 0 aliphatic carbocycles. The fourth-order valence-electron chi connectivity index (χ4n) is 0.969. The van der Waals surface area contributed by atoms with E-state index in [0.717, 1.165) is 0 Å². The summed E-state index contributed by atoms with van der Waals surface area (Å²) in [5, 5.41) is 22.2. The quantitative estimate of drug-likeness (QED) is 0.292. The summed E-state index contributed by atoms with van der Waals surface area (Å²) < 4.78 is -0.228. The summed E-state index contributed by atoms with van der Waals surface area (Å²) in [4.78, 5) is 10.1. The van der Waals surface area contributed by atoms with Crippen molar-refractivity contribution >= 4 is 34.0 Å². The Bertz CT molecular complexity index is 332. The van der Waals surface area contributed by atoms with Gasteiger partial charge in [0.1, 0.15) is 9.74 Å². The number of anilines is 1. The van der Waals surface area contributed by atoms with E-state index in [1.54, 1.807) is 18.2 Å². The van der Waals surface area contributed by atoms with Crippen molar-refractivity contribution in [3.63, 3.8) is 0 Å². The summed E-state index contributed by atoms with van der Waals surface area (Å²) in [5.41, 5.74) is 0.438. The molecule has 1 unspecified atom stereocenters. The maximum atomic E-state index is 10.6. The lowest BCUT2D eigenvalue weighted by Gasteiger charge is -2.10. The van der Waals surface area contributed by atoms with Gasteiger partial charge in [-0.05, 0) is 6.07 Å². The molecule has 2 N–H and O–H groups in total. The Hall–Kier alpha value is -0.890. The van der Waals surface area contributed by atoms with Crippen molar-refractivity contribution in [2.45, 2.75) is 4.05 Å². The molecule has 0 aromatic heterocycles. The second kappa shape index (κ2) is 5.11. The van der Waals surface area contributed by atoms with Crippen molar-refractivity contribution < 1.29 is 10.0 Å². The molecular weight excluding hydrogens is 299 g/mol. The second-order valence-corrected chi connectivity index (χ2v) is 4.07. The highest BCUT2D eigenvalue weighted by molar-refractivity contribution is 14.1. The number of nitrogens with zero attached hydrogens (tertiary/aromatic N) is 1. The van der Waals surface area contributed by atoms with Crippen molar-refractivity contribution in [3.8, 4) is 0 Å². The van der Waals surface area contributed by atoms with E-state index in [4.69, 9.17) is 5.11 Å². The van der Waals surface area contributed by atoms with Crippen LogP contribution in [-0.4, -0.2) is 20.7 Å². The number of nitro benzene ring substituents is 1. The number of rotatable bonds is 4. The Morgan fingerprint density at radius 1 is 1.57 bits per heavy atom. The SMILES string of the molecule is O=[N+]([O-])c1ccccc1NC(I)CO. The molecule has 0 fully saturated rings. The first-order chi connectivity index (χ1) is 6.65. The lowest BCUT2D eigenvalue weighted by atomic mass is 10.2. The van der Waals surface area contributed by atoms with Crippen LogP contribution in [0.5, 0.6) is 0 Å². The highest BCUT2D eigenvalue weighted by atomic mass is 127. The largest absolute Gasteiger partial charge is 0.393 e. The van der Waals surface area contributed by atoms with Gasteiger partial charge in [0.15, 0.2) is 0 Å². The normalized spacial score (nSPS) is 12.1. The van der Waals surface area contributed by atoms with Crippen LogP contribution in [-0.2, 0) is 0 Å². The molecule has 1 rings (SSSR count). The highest BCUT2D eigenvalue weighted by Crippen LogP contribution is 2.24. The summed E-state index contributed by atoms with van der Waals surface area (Å²) in [6.45, 7) is -0.0768. The molecule has 1 aromatic carbocycles. The molecule has 14 heavy (non-hydrogen) atoms. The van der Waals surface area contributed by atoms with Gasteiger partial charge < -0.3 is 10.4 Å². The summed E-state index contributed by atoms with van der Waals surface area (Å²) in [5.74, 6) is 0. The van der Waals surface area contributed by atoms with E-state index in [9.17, 15) is 10.1 Å². The van der Waals surface area contributed by atoms with Gasteiger partial charge in [-0.2, -0.15) is 0 Å². The number of aliphatic hydroxyl groups excluding tert-OH is 1. The molecule has 0 radical (unpaired) electrons. The molecule has 0 spiro atoms. The molecule has 0 amide bonds. The summed E-state index contributed by atoms with van der Waals surface area (Å²) >= 11 is 1.97. The zero-order valence-electron chi connectivity index (χ0n) is 7.18. The average molecular weight is 308 g/mol. The van der Waals surface area contributed by atoms with Crippen LogP contribution < -0.4 is 5.32 Å². The monoisotopic (exact) mass is 308 g/mol. The first kappa shape index (κ1) is 11.2. The Kier molecular flexibility index (Phi) is 4.08. The minimum absolute atomic E-state index is 0.0163. The van der Waals surface area contributed by atoms with E-state index in [2.05, 4.69) is 5.32 Å². The lowest BCUT2D eigenvalue weighted by molar-refractivity contribution is -0.384. The third kappa shape index (κ3) is 2.81. The number of hydrogen-bond acceptors (Lipinski definition) is 4. The Morgan fingerprint density at radius 2 is 2.21 bits per heavy atom. The van der Waals surface area contributed by atoms with Crippen LogP contribution in [0, 0.1) is 10.1 Å². The van der Waals surface area contributed by atoms with Crippen molar-refractivity contribution in [2.75, 3.05) is 11.9 Å². The molecule has 0 saturated heterocycles. The van der Waals surface area contributed by atoms with Crippen molar-refractivity contribution in [1.82, 2.24) is 0 Å². The number of aliphatic hydroxyl groups is 1. The number of para-hydroxylation sites is 2. The van der Waals surface area contributed by atoms with E-state index < -0.39 is 4.92 Å². The number of nitrogens with one attached hydrogen (secondary N) is 1. The first-order valence-electron chi connectivity index (χ1n) is 3.90. The van der Waals surface area contributed by atoms with Crippen LogP contribution in [0.3, 0.4) is 0 Å². The van der Waals surface area contributed by atoms with Gasteiger partial charge >= 0.3 is 0 Å². The lowest BCUT2D eigenvalue weighted by Crippen LogP contribution is -2.16. The molecule has 0 heterocycles. The van der Waals surface area contributed by atoms with E-state index in [0.29, 0.717) is 5.69 Å². The molecule has 1 aromatic rings. The standard InChI is InChI=1S/C8H9IN2O3/c9-8(5-12)10-6-3-1-2-4-7(6)11(13)14/h1-4,8,10,12H,5H2. The maximum Gasteiger partial charge on any atom is 0.292 e. The smallest absolute Gasteiger partial charge is 0.292 e. The first-order valence-corrected chi connectivity index (χ1v) is 5.14. The molecule has 0 bridgehead atoms. The number of hydrogen-bond donors (Lipinski definition) is 2. The molecule has 0 aliphatic rings. The van der Waals surface area contributed by atoms with Gasteiger partial charge in [0.05, 0.1) is 11.5 Å². The van der Waals surface area contributed by atoms with Gasteiger partial charge in [-0.1, -0.05) is 34.7 Å². The topological polar surface area (TPSA) is 75.4 Å². The molecule has 5 nitrogen and oxygen atoms in total. The van der Waals surface area contributed by atoms with Crippen molar-refractivity contribution in [1.29, 1.82) is 0 Å². The molecule has 1 atom stereocenters. The predicted octanol–water partition coefficient (Wildman–Crippen LogP) is 1.76. The number of nitro groups is 1. The summed E-state index contributed by atoms with van der Waals surface area (Å²) in [6, 6.07) is 6.34. The minimum Gasteiger partial charge on any atom is -0.393 e. The second-order valence-electron chi connectivity index (χ2n) is 2.57. The van der Waals surface area contributed by atoms with Crippen LogP contribution >= 0.6 is 22.6 Å². The minimum atomic E-state index is -0.455.